The summed E-state index contributed by atoms with van der Waals surface area (Å²) in [7, 11) is 2.05. The molecule has 1 rings (SSSR count). The van der Waals surface area contributed by atoms with Crippen LogP contribution in [0.2, 0.25) is 0 Å². The summed E-state index contributed by atoms with van der Waals surface area (Å²) in [6, 6.07) is 0. The van der Waals surface area contributed by atoms with Gasteiger partial charge in [0, 0.05) is 19.8 Å². The predicted molar refractivity (Wildman–Crippen MR) is 43.3 cm³/mol. The van der Waals surface area contributed by atoms with Crippen LogP contribution in [0.25, 0.3) is 0 Å². The van der Waals surface area contributed by atoms with Gasteiger partial charge in [-0.1, -0.05) is 0 Å². The van der Waals surface area contributed by atoms with E-state index in [1.165, 1.54) is 0 Å². The van der Waals surface area contributed by atoms with Crippen LogP contribution >= 0.6 is 0 Å². The van der Waals surface area contributed by atoms with Crippen LogP contribution < -0.4 is 0 Å². The van der Waals surface area contributed by atoms with Crippen molar-refractivity contribution in [2.24, 2.45) is 11.8 Å². The molecule has 0 aromatic carbocycles. The van der Waals surface area contributed by atoms with Crippen molar-refractivity contribution in [2.45, 2.75) is 6.42 Å². The summed E-state index contributed by atoms with van der Waals surface area (Å²) in [5.74, 6) is 0.593. The van der Waals surface area contributed by atoms with E-state index >= 15 is 0 Å². The first-order valence-corrected chi connectivity index (χ1v) is 4.18. The fraction of sp³-hybridized carbons (Fsp3) is 1.00. The lowest BCUT2D eigenvalue weighted by Gasteiger charge is -2.34. The van der Waals surface area contributed by atoms with Crippen molar-refractivity contribution < 1.29 is 10.2 Å². The largest absolute Gasteiger partial charge is 0.396 e. The summed E-state index contributed by atoms with van der Waals surface area (Å²) in [5.41, 5.74) is 0. The van der Waals surface area contributed by atoms with Crippen molar-refractivity contribution in [2.75, 3.05) is 33.4 Å². The third kappa shape index (κ3) is 2.15. The molecule has 0 amide bonds. The lowest BCUT2D eigenvalue weighted by Crippen LogP contribution is -2.41. The van der Waals surface area contributed by atoms with E-state index in [2.05, 4.69) is 11.9 Å². The summed E-state index contributed by atoms with van der Waals surface area (Å²) < 4.78 is 0. The Morgan fingerprint density at radius 1 is 1.27 bits per heavy atom. The highest BCUT2D eigenvalue weighted by molar-refractivity contribution is 4.77. The fourth-order valence-electron chi connectivity index (χ4n) is 1.71. The van der Waals surface area contributed by atoms with E-state index < -0.39 is 0 Å². The second kappa shape index (κ2) is 4.04. The first-order valence-electron chi connectivity index (χ1n) is 4.18. The van der Waals surface area contributed by atoms with Gasteiger partial charge in [-0.2, -0.15) is 0 Å². The summed E-state index contributed by atoms with van der Waals surface area (Å²) in [4.78, 5) is 2.20. The van der Waals surface area contributed by atoms with Crippen molar-refractivity contribution in [3.8, 4) is 0 Å². The number of hydrogen-bond donors (Lipinski definition) is 2. The van der Waals surface area contributed by atoms with Crippen molar-refractivity contribution in [3.05, 3.63) is 0 Å². The Balaban J connectivity index is 2.41. The molecule has 0 aromatic rings. The lowest BCUT2D eigenvalue weighted by molar-refractivity contribution is 0.0523. The molecular formula is C8H17NO2. The molecule has 0 unspecified atom stereocenters. The quantitative estimate of drug-likeness (QED) is 0.573. The molecule has 3 heteroatoms. The van der Waals surface area contributed by atoms with E-state index in [4.69, 9.17) is 10.2 Å². The van der Waals surface area contributed by atoms with Crippen molar-refractivity contribution in [1.29, 1.82) is 0 Å². The summed E-state index contributed by atoms with van der Waals surface area (Å²) >= 11 is 0. The van der Waals surface area contributed by atoms with Crippen molar-refractivity contribution in [1.82, 2.24) is 4.90 Å². The molecule has 3 nitrogen and oxygen atoms in total. The molecule has 1 fully saturated rings. The Kier molecular flexibility index (Phi) is 3.30. The lowest BCUT2D eigenvalue weighted by atomic mass is 9.87. The van der Waals surface area contributed by atoms with Crippen molar-refractivity contribution >= 4 is 0 Å². The van der Waals surface area contributed by atoms with Crippen LogP contribution in [0.4, 0.5) is 0 Å². The number of aliphatic hydroxyl groups excluding tert-OH is 2. The highest BCUT2D eigenvalue weighted by atomic mass is 16.3. The van der Waals surface area contributed by atoms with E-state index in [1.54, 1.807) is 0 Å². The molecule has 0 saturated carbocycles. The van der Waals surface area contributed by atoms with Gasteiger partial charge in [-0.25, -0.2) is 0 Å². The van der Waals surface area contributed by atoms with Gasteiger partial charge in [-0.15, -0.1) is 0 Å². The van der Waals surface area contributed by atoms with Crippen LogP contribution in [-0.2, 0) is 0 Å². The molecule has 2 N–H and O–H groups in total. The van der Waals surface area contributed by atoms with Crippen LogP contribution in [-0.4, -0.2) is 48.5 Å². The highest BCUT2D eigenvalue weighted by Crippen LogP contribution is 2.21. The Bertz CT molecular complexity index is 119. The Morgan fingerprint density at radius 3 is 2.45 bits per heavy atom. The zero-order valence-corrected chi connectivity index (χ0v) is 7.03. The molecule has 2 atom stereocenters. The third-order valence-corrected chi connectivity index (χ3v) is 2.56. The second-order valence-corrected chi connectivity index (χ2v) is 3.44. The van der Waals surface area contributed by atoms with Gasteiger partial charge in [0.15, 0.2) is 0 Å². The van der Waals surface area contributed by atoms with Gasteiger partial charge in [-0.05, 0) is 31.8 Å². The molecule has 66 valence electrons. The SMILES string of the molecule is CN1CC[C@H](CO)[C@@H](CO)C1. The third-order valence-electron chi connectivity index (χ3n) is 2.56. The Hall–Kier alpha value is -0.120. The van der Waals surface area contributed by atoms with Gasteiger partial charge in [0.2, 0.25) is 0 Å². The number of rotatable bonds is 2. The Labute approximate surface area is 67.6 Å². The minimum atomic E-state index is 0.204. The van der Waals surface area contributed by atoms with Crippen molar-refractivity contribution in [3.63, 3.8) is 0 Å². The van der Waals surface area contributed by atoms with E-state index in [1.807, 2.05) is 0 Å². The van der Waals surface area contributed by atoms with Gasteiger partial charge >= 0.3 is 0 Å². The maximum atomic E-state index is 8.97. The molecule has 0 aliphatic carbocycles. The normalized spacial score (nSPS) is 34.1. The maximum absolute atomic E-state index is 8.97. The van der Waals surface area contributed by atoms with Crippen LogP contribution in [0.15, 0.2) is 0 Å². The second-order valence-electron chi connectivity index (χ2n) is 3.44. The molecule has 1 aliphatic rings. The first-order chi connectivity index (χ1) is 5.27. The predicted octanol–water partition coefficient (Wildman–Crippen LogP) is -0.461. The van der Waals surface area contributed by atoms with Gasteiger partial charge in [0.05, 0.1) is 0 Å². The monoisotopic (exact) mass is 159 g/mol. The molecule has 11 heavy (non-hydrogen) atoms. The van der Waals surface area contributed by atoms with Crippen LogP contribution in [0.3, 0.4) is 0 Å². The molecule has 1 saturated heterocycles. The number of hydrogen-bond acceptors (Lipinski definition) is 3. The average molecular weight is 159 g/mol. The average Bonchev–Trinajstić information content (AvgIpc) is 2.04. The Morgan fingerprint density at radius 2 is 1.91 bits per heavy atom. The van der Waals surface area contributed by atoms with Crippen LogP contribution in [0, 0.1) is 11.8 Å². The molecule has 0 bridgehead atoms. The van der Waals surface area contributed by atoms with E-state index in [0.29, 0.717) is 5.92 Å². The minimum absolute atomic E-state index is 0.204. The molecule has 0 aromatic heterocycles. The highest BCUT2D eigenvalue weighted by Gasteiger charge is 2.25. The van der Waals surface area contributed by atoms with Gasteiger partial charge < -0.3 is 15.1 Å². The number of aliphatic hydroxyl groups is 2. The van der Waals surface area contributed by atoms with Crippen LogP contribution in [0.1, 0.15) is 6.42 Å². The molecule has 1 aliphatic heterocycles. The van der Waals surface area contributed by atoms with Gasteiger partial charge in [0.25, 0.3) is 0 Å². The van der Waals surface area contributed by atoms with E-state index in [-0.39, 0.29) is 19.1 Å². The number of likely N-dealkylation sites (tertiary alicyclic amines) is 1. The van der Waals surface area contributed by atoms with Crippen LogP contribution in [0.5, 0.6) is 0 Å². The minimum Gasteiger partial charge on any atom is -0.396 e. The van der Waals surface area contributed by atoms with E-state index in [9.17, 15) is 0 Å². The summed E-state index contributed by atoms with van der Waals surface area (Å²) in [5, 5.41) is 17.9. The summed E-state index contributed by atoms with van der Waals surface area (Å²) in [6.07, 6.45) is 1.01. The topological polar surface area (TPSA) is 43.7 Å². The van der Waals surface area contributed by atoms with Gasteiger partial charge in [-0.3, -0.25) is 0 Å². The summed E-state index contributed by atoms with van der Waals surface area (Å²) in [6.45, 7) is 2.39. The maximum Gasteiger partial charge on any atom is 0.0475 e. The first kappa shape index (κ1) is 8.97. The number of piperidine rings is 1. The van der Waals surface area contributed by atoms with Gasteiger partial charge in [0.1, 0.15) is 0 Å². The number of nitrogens with zero attached hydrogens (tertiary/aromatic N) is 1. The smallest absolute Gasteiger partial charge is 0.0475 e. The zero-order chi connectivity index (χ0) is 8.27. The van der Waals surface area contributed by atoms with E-state index in [0.717, 1.165) is 19.5 Å². The fourth-order valence-corrected chi connectivity index (χ4v) is 1.71. The standard InChI is InChI=1S/C8H17NO2/c1-9-3-2-7(5-10)8(4-9)6-11/h7-8,10-11H,2-6H2,1H3/t7-,8-/m1/s1. The molecule has 0 spiro atoms. The molecular weight excluding hydrogens is 142 g/mol. The molecule has 1 heterocycles. The zero-order valence-electron chi connectivity index (χ0n) is 7.03. The molecule has 0 radical (unpaired) electrons.